The molecule has 8 heteroatoms. The summed E-state index contributed by atoms with van der Waals surface area (Å²) in [5.41, 5.74) is 0.673. The van der Waals surface area contributed by atoms with E-state index in [1.165, 1.54) is 23.3 Å². The van der Waals surface area contributed by atoms with Crippen molar-refractivity contribution in [1.29, 1.82) is 0 Å². The van der Waals surface area contributed by atoms with Gasteiger partial charge in [0.15, 0.2) is 0 Å². The van der Waals surface area contributed by atoms with Crippen LogP contribution in [0.4, 0.5) is 4.79 Å². The third-order valence-electron chi connectivity index (χ3n) is 3.56. The summed E-state index contributed by atoms with van der Waals surface area (Å²) < 4.78 is 28.0. The molecule has 0 fully saturated rings. The third kappa shape index (κ3) is 4.33. The molecule has 1 heterocycles. The molecular formula is C15H19N3O4S. The molecule has 0 unspecified atom stereocenters. The van der Waals surface area contributed by atoms with Crippen molar-refractivity contribution in [2.45, 2.75) is 24.4 Å². The summed E-state index contributed by atoms with van der Waals surface area (Å²) in [7, 11) is -2.15. The first-order valence-electron chi connectivity index (χ1n) is 6.95. The van der Waals surface area contributed by atoms with E-state index >= 15 is 0 Å². The van der Waals surface area contributed by atoms with Crippen molar-refractivity contribution in [3.8, 4) is 0 Å². The number of hydrogen-bond donors (Lipinski definition) is 2. The van der Waals surface area contributed by atoms with Crippen LogP contribution in [0.1, 0.15) is 24.3 Å². The van der Waals surface area contributed by atoms with Gasteiger partial charge in [0, 0.05) is 7.05 Å². The molecule has 7 nitrogen and oxygen atoms in total. The van der Waals surface area contributed by atoms with Crippen LogP contribution in [0.3, 0.4) is 0 Å². The van der Waals surface area contributed by atoms with Crippen molar-refractivity contribution in [2.24, 2.45) is 5.14 Å². The van der Waals surface area contributed by atoms with Crippen LogP contribution in [0.25, 0.3) is 0 Å². The highest BCUT2D eigenvalue weighted by Crippen LogP contribution is 2.21. The topological polar surface area (TPSA) is 106 Å². The highest BCUT2D eigenvalue weighted by molar-refractivity contribution is 7.89. The molecule has 1 aromatic carbocycles. The lowest BCUT2D eigenvalue weighted by molar-refractivity contribution is 0.193. The Morgan fingerprint density at radius 2 is 2.09 bits per heavy atom. The van der Waals surface area contributed by atoms with Gasteiger partial charge >= 0.3 is 6.03 Å². The van der Waals surface area contributed by atoms with Gasteiger partial charge in [0.25, 0.3) is 0 Å². The SMILES string of the molecule is C[C@H](c1cccc(S(N)(=O)=O)c1)N(C)C(=O)NCc1ccco1. The number of carbonyl (C=O) groups is 1. The maximum Gasteiger partial charge on any atom is 0.318 e. The number of furan rings is 1. The molecule has 0 aliphatic heterocycles. The van der Waals surface area contributed by atoms with Gasteiger partial charge < -0.3 is 14.6 Å². The largest absolute Gasteiger partial charge is 0.467 e. The summed E-state index contributed by atoms with van der Waals surface area (Å²) in [6, 6.07) is 9.11. The Morgan fingerprint density at radius 1 is 1.35 bits per heavy atom. The number of carbonyl (C=O) groups excluding carboxylic acids is 1. The number of sulfonamides is 1. The molecule has 0 bridgehead atoms. The number of amides is 2. The van der Waals surface area contributed by atoms with Crippen LogP contribution in [0.5, 0.6) is 0 Å². The molecule has 2 aromatic rings. The van der Waals surface area contributed by atoms with Crippen molar-refractivity contribution in [3.63, 3.8) is 0 Å². The molecular weight excluding hydrogens is 318 g/mol. The second-order valence-electron chi connectivity index (χ2n) is 5.14. The first kappa shape index (κ1) is 17.0. The average Bonchev–Trinajstić information content (AvgIpc) is 3.04. The normalized spacial score (nSPS) is 12.7. The maximum absolute atomic E-state index is 12.2. The van der Waals surface area contributed by atoms with E-state index in [0.717, 1.165) is 0 Å². The maximum atomic E-state index is 12.2. The fourth-order valence-electron chi connectivity index (χ4n) is 2.05. The van der Waals surface area contributed by atoms with Gasteiger partial charge in [-0.05, 0) is 36.8 Å². The lowest BCUT2D eigenvalue weighted by atomic mass is 10.1. The zero-order chi connectivity index (χ0) is 17.0. The van der Waals surface area contributed by atoms with Crippen molar-refractivity contribution in [3.05, 3.63) is 54.0 Å². The van der Waals surface area contributed by atoms with Gasteiger partial charge in [-0.1, -0.05) is 12.1 Å². The summed E-state index contributed by atoms with van der Waals surface area (Å²) in [4.78, 5) is 13.7. The smallest absolute Gasteiger partial charge is 0.318 e. The van der Waals surface area contributed by atoms with E-state index in [1.54, 1.807) is 38.2 Å². The molecule has 0 aliphatic carbocycles. The molecule has 0 saturated carbocycles. The summed E-state index contributed by atoms with van der Waals surface area (Å²) in [5, 5.41) is 7.86. The van der Waals surface area contributed by atoms with Gasteiger partial charge in [-0.15, -0.1) is 0 Å². The summed E-state index contributed by atoms with van der Waals surface area (Å²) in [5.74, 6) is 0.649. The van der Waals surface area contributed by atoms with E-state index in [0.29, 0.717) is 11.3 Å². The zero-order valence-electron chi connectivity index (χ0n) is 12.9. The van der Waals surface area contributed by atoms with Crippen LogP contribution in [-0.2, 0) is 16.6 Å². The van der Waals surface area contributed by atoms with Gasteiger partial charge in [0.2, 0.25) is 10.0 Å². The lowest BCUT2D eigenvalue weighted by Gasteiger charge is -2.25. The Bertz CT molecular complexity index is 772. The quantitative estimate of drug-likeness (QED) is 0.868. The Morgan fingerprint density at radius 3 is 2.70 bits per heavy atom. The van der Waals surface area contributed by atoms with E-state index in [1.807, 2.05) is 0 Å². The van der Waals surface area contributed by atoms with Crippen LogP contribution < -0.4 is 10.5 Å². The Hall–Kier alpha value is -2.32. The first-order valence-corrected chi connectivity index (χ1v) is 8.49. The van der Waals surface area contributed by atoms with Gasteiger partial charge in [-0.25, -0.2) is 18.4 Å². The van der Waals surface area contributed by atoms with Gasteiger partial charge in [0.05, 0.1) is 23.7 Å². The van der Waals surface area contributed by atoms with Gasteiger partial charge in [0.1, 0.15) is 5.76 Å². The molecule has 0 aliphatic rings. The average molecular weight is 337 g/mol. The minimum atomic E-state index is -3.78. The first-order chi connectivity index (χ1) is 10.8. The number of nitrogens with two attached hydrogens (primary N) is 1. The van der Waals surface area contributed by atoms with Crippen LogP contribution in [0, 0.1) is 0 Å². The van der Waals surface area contributed by atoms with Crippen molar-refractivity contribution < 1.29 is 17.6 Å². The number of benzene rings is 1. The van der Waals surface area contributed by atoms with Crippen LogP contribution in [-0.4, -0.2) is 26.4 Å². The van der Waals surface area contributed by atoms with Crippen LogP contribution in [0.2, 0.25) is 0 Å². The lowest BCUT2D eigenvalue weighted by Crippen LogP contribution is -2.38. The summed E-state index contributed by atoms with van der Waals surface area (Å²) in [6.45, 7) is 2.08. The number of hydrogen-bond acceptors (Lipinski definition) is 4. The second-order valence-corrected chi connectivity index (χ2v) is 6.70. The number of primary sulfonamides is 1. The van der Waals surface area contributed by atoms with Crippen LogP contribution >= 0.6 is 0 Å². The molecule has 0 radical (unpaired) electrons. The highest BCUT2D eigenvalue weighted by Gasteiger charge is 2.19. The molecule has 23 heavy (non-hydrogen) atoms. The van der Waals surface area contributed by atoms with Crippen LogP contribution in [0.15, 0.2) is 52.0 Å². The van der Waals surface area contributed by atoms with Crippen molar-refractivity contribution >= 4 is 16.1 Å². The van der Waals surface area contributed by atoms with Crippen molar-refractivity contribution in [2.75, 3.05) is 7.05 Å². The number of rotatable bonds is 5. The molecule has 1 aromatic heterocycles. The van der Waals surface area contributed by atoms with E-state index in [2.05, 4.69) is 5.32 Å². The predicted octanol–water partition coefficient (Wildman–Crippen LogP) is 1.83. The summed E-state index contributed by atoms with van der Waals surface area (Å²) in [6.07, 6.45) is 1.53. The van der Waals surface area contributed by atoms with E-state index in [9.17, 15) is 13.2 Å². The van der Waals surface area contributed by atoms with E-state index in [4.69, 9.17) is 9.56 Å². The molecule has 1 atom stereocenters. The molecule has 2 amide bonds. The van der Waals surface area contributed by atoms with E-state index in [-0.39, 0.29) is 23.5 Å². The third-order valence-corrected chi connectivity index (χ3v) is 4.48. The predicted molar refractivity (Wildman–Crippen MR) is 84.9 cm³/mol. The standard InChI is InChI=1S/C15H19N3O4S/c1-11(12-5-3-7-14(9-12)23(16,20)21)18(2)15(19)17-10-13-6-4-8-22-13/h3-9,11H,10H2,1-2H3,(H,17,19)(H2,16,20,21)/t11-/m1/s1. The zero-order valence-corrected chi connectivity index (χ0v) is 13.7. The molecule has 0 spiro atoms. The number of nitrogens with one attached hydrogen (secondary N) is 1. The number of urea groups is 1. The number of nitrogens with zero attached hydrogens (tertiary/aromatic N) is 1. The van der Waals surface area contributed by atoms with E-state index < -0.39 is 10.0 Å². The molecule has 3 N–H and O–H groups in total. The minimum absolute atomic E-state index is 0.0197. The molecule has 0 saturated heterocycles. The monoisotopic (exact) mass is 337 g/mol. The Balaban J connectivity index is 2.06. The fraction of sp³-hybridized carbons (Fsp3) is 0.267. The summed E-state index contributed by atoms with van der Waals surface area (Å²) >= 11 is 0. The molecule has 2 rings (SSSR count). The highest BCUT2D eigenvalue weighted by atomic mass is 32.2. The molecule has 124 valence electrons. The van der Waals surface area contributed by atoms with Gasteiger partial charge in [-0.3, -0.25) is 0 Å². The Kier molecular flexibility index (Phi) is 5.07. The fourth-order valence-corrected chi connectivity index (χ4v) is 2.62. The van der Waals surface area contributed by atoms with Gasteiger partial charge in [-0.2, -0.15) is 0 Å². The van der Waals surface area contributed by atoms with Crippen molar-refractivity contribution in [1.82, 2.24) is 10.2 Å². The second kappa shape index (κ2) is 6.84. The minimum Gasteiger partial charge on any atom is -0.467 e. The Labute approximate surface area is 135 Å².